The number of hydrogen-bond donors (Lipinski definition) is 0. The Balaban J connectivity index is 1.59. The first-order valence-electron chi connectivity index (χ1n) is 12.9. The number of anilines is 3. The van der Waals surface area contributed by atoms with Gasteiger partial charge in [-0.1, -0.05) is 50.8 Å². The van der Waals surface area contributed by atoms with E-state index in [1.807, 2.05) is 43.5 Å². The molecule has 0 saturated carbocycles. The minimum Gasteiger partial charge on any atom is -0.378 e. The molecule has 6 rings (SSSR count). The molecular formula is C31H30F2N4O. The molecule has 0 N–H and O–H groups in total. The molecular weight excluding hydrogens is 482 g/mol. The Kier molecular flexibility index (Phi) is 5.91. The maximum atomic E-state index is 15.6. The molecule has 0 unspecified atom stereocenters. The van der Waals surface area contributed by atoms with Gasteiger partial charge in [0.05, 0.1) is 58.8 Å². The van der Waals surface area contributed by atoms with Crippen LogP contribution in [0.3, 0.4) is 0 Å². The van der Waals surface area contributed by atoms with Crippen LogP contribution in [0.15, 0.2) is 61.3 Å². The van der Waals surface area contributed by atoms with Crippen molar-refractivity contribution in [3.05, 3.63) is 95.5 Å². The van der Waals surface area contributed by atoms with E-state index in [0.717, 1.165) is 47.4 Å². The second kappa shape index (κ2) is 9.17. The van der Waals surface area contributed by atoms with E-state index >= 15 is 4.39 Å². The van der Waals surface area contributed by atoms with Crippen molar-refractivity contribution in [1.29, 1.82) is 0 Å². The predicted octanol–water partition coefficient (Wildman–Crippen LogP) is 6.54. The Morgan fingerprint density at radius 2 is 1.79 bits per heavy atom. The van der Waals surface area contributed by atoms with Crippen LogP contribution in [0.2, 0.25) is 0 Å². The molecule has 4 aromatic rings. The Morgan fingerprint density at radius 3 is 2.53 bits per heavy atom. The van der Waals surface area contributed by atoms with Crippen LogP contribution in [0.4, 0.5) is 25.8 Å². The number of pyridine rings is 2. The zero-order valence-corrected chi connectivity index (χ0v) is 21.9. The number of hydrogen-bond acceptors (Lipinski definition) is 5. The van der Waals surface area contributed by atoms with Crippen molar-refractivity contribution in [2.45, 2.75) is 26.2 Å². The van der Waals surface area contributed by atoms with E-state index in [-0.39, 0.29) is 10.9 Å². The molecule has 0 radical (unpaired) electrons. The molecule has 1 fully saturated rings. The maximum Gasteiger partial charge on any atom is 0.137 e. The number of aromatic nitrogens is 2. The number of fused-ring (bicyclic) bond motifs is 2. The monoisotopic (exact) mass is 512 g/mol. The molecule has 2 aromatic heterocycles. The van der Waals surface area contributed by atoms with Crippen LogP contribution in [0, 0.1) is 18.6 Å². The largest absolute Gasteiger partial charge is 0.378 e. The molecule has 0 amide bonds. The molecule has 38 heavy (non-hydrogen) atoms. The molecule has 194 valence electrons. The van der Waals surface area contributed by atoms with Gasteiger partial charge in [0, 0.05) is 42.8 Å². The van der Waals surface area contributed by atoms with Gasteiger partial charge in [-0.2, -0.15) is 0 Å². The van der Waals surface area contributed by atoms with Crippen LogP contribution in [-0.2, 0) is 10.2 Å². The van der Waals surface area contributed by atoms with Crippen molar-refractivity contribution < 1.29 is 13.5 Å². The molecule has 4 heterocycles. The van der Waals surface area contributed by atoms with E-state index in [0.29, 0.717) is 42.1 Å². The van der Waals surface area contributed by atoms with Crippen LogP contribution < -0.4 is 9.80 Å². The van der Waals surface area contributed by atoms with Gasteiger partial charge in [-0.3, -0.25) is 4.98 Å². The summed E-state index contributed by atoms with van der Waals surface area (Å²) < 4.78 is 35.5. The van der Waals surface area contributed by atoms with Crippen molar-refractivity contribution in [2.75, 3.05) is 42.6 Å². The Labute approximate surface area is 221 Å². The summed E-state index contributed by atoms with van der Waals surface area (Å²) in [7, 11) is 0. The second-order valence-electron chi connectivity index (χ2n) is 10.7. The van der Waals surface area contributed by atoms with Gasteiger partial charge in [0.15, 0.2) is 0 Å². The quantitative estimate of drug-likeness (QED) is 0.310. The number of ether oxygens (including phenoxy) is 1. The van der Waals surface area contributed by atoms with E-state index in [1.165, 1.54) is 6.07 Å². The van der Waals surface area contributed by atoms with Crippen LogP contribution in [0.1, 0.15) is 36.4 Å². The van der Waals surface area contributed by atoms with E-state index in [2.05, 4.69) is 36.3 Å². The van der Waals surface area contributed by atoms with Crippen molar-refractivity contribution in [1.82, 2.24) is 9.97 Å². The third kappa shape index (κ3) is 4.02. The molecule has 0 aliphatic carbocycles. The fourth-order valence-electron chi connectivity index (χ4n) is 5.71. The zero-order valence-electron chi connectivity index (χ0n) is 21.9. The van der Waals surface area contributed by atoms with Gasteiger partial charge >= 0.3 is 0 Å². The molecule has 2 aliphatic heterocycles. The normalized spacial score (nSPS) is 16.7. The standard InChI is InChI=1S/C31H30F2N4O/c1-19(21-8-6-5-7-9-21)28-20(2)29(27-24(33)14-22(32)15-25(27)35-28)37-18-31(3,4)30-26(37)16-23(17-34-30)36-10-12-38-13-11-36/h5-9,14-17H,1,10-13,18H2,2-4H3. The lowest BCUT2D eigenvalue weighted by molar-refractivity contribution is 0.122. The van der Waals surface area contributed by atoms with Gasteiger partial charge in [-0.25, -0.2) is 13.8 Å². The number of benzene rings is 2. The van der Waals surface area contributed by atoms with E-state index < -0.39 is 11.6 Å². The third-order valence-electron chi connectivity index (χ3n) is 7.61. The molecule has 0 atom stereocenters. The first kappa shape index (κ1) is 24.5. The maximum absolute atomic E-state index is 15.6. The van der Waals surface area contributed by atoms with Gasteiger partial charge in [-0.15, -0.1) is 0 Å². The van der Waals surface area contributed by atoms with Gasteiger partial charge in [-0.05, 0) is 24.1 Å². The second-order valence-corrected chi connectivity index (χ2v) is 10.7. The van der Waals surface area contributed by atoms with Gasteiger partial charge in [0.2, 0.25) is 0 Å². The van der Waals surface area contributed by atoms with Gasteiger partial charge in [0.25, 0.3) is 0 Å². The molecule has 5 nitrogen and oxygen atoms in total. The first-order valence-corrected chi connectivity index (χ1v) is 12.9. The molecule has 2 aliphatic rings. The number of halogens is 2. The summed E-state index contributed by atoms with van der Waals surface area (Å²) in [5.74, 6) is -1.29. The van der Waals surface area contributed by atoms with Crippen LogP contribution in [0.25, 0.3) is 16.5 Å². The molecule has 7 heteroatoms. The Hall–Kier alpha value is -3.84. The minimum atomic E-state index is -0.660. The summed E-state index contributed by atoms with van der Waals surface area (Å²) in [5, 5.41) is 0.300. The van der Waals surface area contributed by atoms with Crippen LogP contribution in [0.5, 0.6) is 0 Å². The zero-order chi connectivity index (χ0) is 26.6. The van der Waals surface area contributed by atoms with Gasteiger partial charge in [0.1, 0.15) is 11.6 Å². The SMILES string of the molecule is C=C(c1ccccc1)c1nc2cc(F)cc(F)c2c(N2CC(C)(C)c3ncc(N4CCOCC4)cc32)c1C. The van der Waals surface area contributed by atoms with E-state index in [9.17, 15) is 4.39 Å². The number of morpholine rings is 1. The van der Waals surface area contributed by atoms with Gasteiger partial charge < -0.3 is 14.5 Å². The van der Waals surface area contributed by atoms with Crippen LogP contribution in [-0.4, -0.2) is 42.8 Å². The van der Waals surface area contributed by atoms with Crippen molar-refractivity contribution >= 4 is 33.5 Å². The smallest absolute Gasteiger partial charge is 0.137 e. The molecule has 0 bridgehead atoms. The fraction of sp³-hybridized carbons (Fsp3) is 0.290. The van der Waals surface area contributed by atoms with Crippen molar-refractivity contribution in [3.8, 4) is 0 Å². The number of rotatable bonds is 4. The third-order valence-corrected chi connectivity index (χ3v) is 7.61. The Morgan fingerprint density at radius 1 is 1.05 bits per heavy atom. The van der Waals surface area contributed by atoms with E-state index in [4.69, 9.17) is 14.7 Å². The topological polar surface area (TPSA) is 41.5 Å². The summed E-state index contributed by atoms with van der Waals surface area (Å²) in [4.78, 5) is 14.0. The summed E-state index contributed by atoms with van der Waals surface area (Å²) in [6, 6.07) is 14.1. The average Bonchev–Trinajstić information content (AvgIpc) is 3.18. The highest BCUT2D eigenvalue weighted by Crippen LogP contribution is 2.48. The lowest BCUT2D eigenvalue weighted by atomic mass is 9.91. The fourth-order valence-corrected chi connectivity index (χ4v) is 5.71. The Bertz CT molecular complexity index is 1560. The number of nitrogens with zero attached hydrogens (tertiary/aromatic N) is 4. The summed E-state index contributed by atoms with van der Waals surface area (Å²) >= 11 is 0. The highest BCUT2D eigenvalue weighted by molar-refractivity contribution is 6.00. The first-order chi connectivity index (χ1) is 18.2. The van der Waals surface area contributed by atoms with E-state index in [1.54, 1.807) is 0 Å². The average molecular weight is 513 g/mol. The van der Waals surface area contributed by atoms with Crippen molar-refractivity contribution in [2.24, 2.45) is 0 Å². The highest BCUT2D eigenvalue weighted by Gasteiger charge is 2.40. The minimum absolute atomic E-state index is 0.263. The lowest BCUT2D eigenvalue weighted by Gasteiger charge is -2.30. The summed E-state index contributed by atoms with van der Waals surface area (Å²) in [6.07, 6.45) is 1.92. The molecule has 2 aromatic carbocycles. The lowest BCUT2D eigenvalue weighted by Crippen LogP contribution is -2.36. The molecule has 1 saturated heterocycles. The highest BCUT2D eigenvalue weighted by atomic mass is 19.1. The van der Waals surface area contributed by atoms with Crippen molar-refractivity contribution in [3.63, 3.8) is 0 Å². The summed E-state index contributed by atoms with van der Waals surface area (Å²) in [6.45, 7) is 14.1. The summed E-state index contributed by atoms with van der Waals surface area (Å²) in [5.41, 5.74) is 6.55. The molecule has 0 spiro atoms. The predicted molar refractivity (Wildman–Crippen MR) is 148 cm³/mol. The van der Waals surface area contributed by atoms with Crippen LogP contribution >= 0.6 is 0 Å².